The molecule has 3 heteroatoms. The third-order valence-corrected chi connectivity index (χ3v) is 3.53. The molecule has 3 rings (SSSR count). The molecule has 0 aliphatic rings. The van der Waals surface area contributed by atoms with Gasteiger partial charge in [-0.2, -0.15) is 5.26 Å². The smallest absolute Gasteiger partial charge is 0.134 e. The number of nitriles is 1. The molecule has 0 fully saturated rings. The van der Waals surface area contributed by atoms with Crippen LogP contribution in [0, 0.1) is 10.7 Å². The highest BCUT2D eigenvalue weighted by atomic mass is 32.2. The predicted octanol–water partition coefficient (Wildman–Crippen LogP) is 4.81. The number of benzene rings is 2. The van der Waals surface area contributed by atoms with Gasteiger partial charge in [-0.1, -0.05) is 48.5 Å². The Morgan fingerprint density at radius 1 is 1.00 bits per heavy atom. The van der Waals surface area contributed by atoms with Crippen molar-refractivity contribution in [1.29, 1.82) is 5.26 Å². The molecule has 0 spiro atoms. The van der Waals surface area contributed by atoms with E-state index in [0.717, 1.165) is 27.9 Å². The standard InChI is InChI=1S/C16H11NOS/c17-11-19-10-15-16(12-6-2-1-3-7-12)13-8-4-5-9-14(13)18-15/h1-9H,10H2. The van der Waals surface area contributed by atoms with E-state index in [2.05, 4.69) is 23.6 Å². The van der Waals surface area contributed by atoms with Crippen molar-refractivity contribution in [3.05, 3.63) is 60.4 Å². The molecule has 92 valence electrons. The van der Waals surface area contributed by atoms with Gasteiger partial charge in [-0.3, -0.25) is 0 Å². The second kappa shape index (κ2) is 5.21. The Kier molecular flexibility index (Phi) is 3.26. The molecule has 2 nitrogen and oxygen atoms in total. The average Bonchev–Trinajstić information content (AvgIpc) is 2.84. The molecular formula is C16H11NOS. The van der Waals surface area contributed by atoms with Gasteiger partial charge in [0.15, 0.2) is 0 Å². The first-order valence-electron chi connectivity index (χ1n) is 5.97. The topological polar surface area (TPSA) is 36.9 Å². The summed E-state index contributed by atoms with van der Waals surface area (Å²) in [6.45, 7) is 0. The SMILES string of the molecule is N#CSCc1oc2ccccc2c1-c1ccccc1. The summed E-state index contributed by atoms with van der Waals surface area (Å²) in [7, 11) is 0. The number of thioether (sulfide) groups is 1. The van der Waals surface area contributed by atoms with Gasteiger partial charge >= 0.3 is 0 Å². The van der Waals surface area contributed by atoms with Gasteiger partial charge in [0.05, 0.1) is 5.75 Å². The second-order valence-electron chi connectivity index (χ2n) is 4.14. The number of fused-ring (bicyclic) bond motifs is 1. The summed E-state index contributed by atoms with van der Waals surface area (Å²) in [5.41, 5.74) is 3.09. The van der Waals surface area contributed by atoms with Crippen LogP contribution in [0.5, 0.6) is 0 Å². The number of thiocyanates is 1. The Morgan fingerprint density at radius 2 is 1.74 bits per heavy atom. The maximum Gasteiger partial charge on any atom is 0.134 e. The molecule has 1 aromatic heterocycles. The molecule has 0 bridgehead atoms. The largest absolute Gasteiger partial charge is 0.459 e. The maximum absolute atomic E-state index is 8.74. The van der Waals surface area contributed by atoms with Crippen LogP contribution in [0.25, 0.3) is 22.1 Å². The lowest BCUT2D eigenvalue weighted by Gasteiger charge is -2.01. The summed E-state index contributed by atoms with van der Waals surface area (Å²) in [6.07, 6.45) is 0. The van der Waals surface area contributed by atoms with Gasteiger partial charge in [-0.25, -0.2) is 0 Å². The van der Waals surface area contributed by atoms with E-state index in [1.54, 1.807) is 0 Å². The molecule has 3 aromatic rings. The number of hydrogen-bond donors (Lipinski definition) is 0. The van der Waals surface area contributed by atoms with E-state index in [-0.39, 0.29) is 0 Å². The lowest BCUT2D eigenvalue weighted by molar-refractivity contribution is 0.576. The third-order valence-electron chi connectivity index (χ3n) is 3.00. The van der Waals surface area contributed by atoms with Crippen LogP contribution < -0.4 is 0 Å². The van der Waals surface area contributed by atoms with Crippen LogP contribution in [0.2, 0.25) is 0 Å². The minimum absolute atomic E-state index is 0.565. The summed E-state index contributed by atoms with van der Waals surface area (Å²) < 4.78 is 5.88. The lowest BCUT2D eigenvalue weighted by Crippen LogP contribution is -1.82. The highest BCUT2D eigenvalue weighted by Gasteiger charge is 2.15. The van der Waals surface area contributed by atoms with Gasteiger partial charge in [-0.05, 0) is 23.4 Å². The van der Waals surface area contributed by atoms with Crippen LogP contribution >= 0.6 is 11.8 Å². The first kappa shape index (κ1) is 11.9. The van der Waals surface area contributed by atoms with E-state index in [1.807, 2.05) is 36.4 Å². The van der Waals surface area contributed by atoms with Gasteiger partial charge in [0.1, 0.15) is 16.7 Å². The Balaban J connectivity index is 2.22. The van der Waals surface area contributed by atoms with Crippen LogP contribution in [0.1, 0.15) is 5.76 Å². The van der Waals surface area contributed by atoms with Crippen molar-refractivity contribution < 1.29 is 4.42 Å². The van der Waals surface area contributed by atoms with E-state index >= 15 is 0 Å². The molecule has 0 radical (unpaired) electrons. The highest BCUT2D eigenvalue weighted by molar-refractivity contribution is 8.02. The van der Waals surface area contributed by atoms with Crippen molar-refractivity contribution in [1.82, 2.24) is 0 Å². The lowest BCUT2D eigenvalue weighted by atomic mass is 10.0. The number of rotatable bonds is 3. The first-order valence-corrected chi connectivity index (χ1v) is 6.95. The summed E-state index contributed by atoms with van der Waals surface area (Å²) in [5, 5.41) is 11.9. The molecule has 0 saturated heterocycles. The molecule has 0 N–H and O–H groups in total. The molecule has 0 aliphatic heterocycles. The van der Waals surface area contributed by atoms with E-state index < -0.39 is 0 Å². The quantitative estimate of drug-likeness (QED) is 0.637. The Labute approximate surface area is 115 Å². The van der Waals surface area contributed by atoms with Gasteiger partial charge in [0, 0.05) is 10.9 Å². The first-order chi connectivity index (χ1) is 9.40. The predicted molar refractivity (Wildman–Crippen MR) is 78.6 cm³/mol. The molecule has 2 aromatic carbocycles. The van der Waals surface area contributed by atoms with Crippen molar-refractivity contribution in [2.75, 3.05) is 0 Å². The zero-order valence-corrected chi connectivity index (χ0v) is 11.0. The Bertz CT molecular complexity index is 740. The van der Waals surface area contributed by atoms with Crippen molar-refractivity contribution >= 4 is 22.7 Å². The number of nitrogens with zero attached hydrogens (tertiary/aromatic N) is 1. The van der Waals surface area contributed by atoms with Crippen molar-refractivity contribution in [2.45, 2.75) is 5.75 Å². The summed E-state index contributed by atoms with van der Waals surface area (Å²) in [5.74, 6) is 1.43. The van der Waals surface area contributed by atoms with Crippen LogP contribution in [-0.4, -0.2) is 0 Å². The Hall–Kier alpha value is -2.18. The van der Waals surface area contributed by atoms with Crippen molar-refractivity contribution in [3.8, 4) is 16.5 Å². The second-order valence-corrected chi connectivity index (χ2v) is 4.90. The third kappa shape index (κ3) is 2.23. The molecule has 0 saturated carbocycles. The number of furan rings is 1. The minimum Gasteiger partial charge on any atom is -0.459 e. The number of para-hydroxylation sites is 1. The number of hydrogen-bond acceptors (Lipinski definition) is 3. The zero-order valence-electron chi connectivity index (χ0n) is 10.2. The molecule has 19 heavy (non-hydrogen) atoms. The van der Waals surface area contributed by atoms with E-state index in [4.69, 9.17) is 9.68 Å². The summed E-state index contributed by atoms with van der Waals surface area (Å²) >= 11 is 1.20. The molecule has 0 atom stereocenters. The van der Waals surface area contributed by atoms with Gasteiger partial charge in [0.2, 0.25) is 0 Å². The fraction of sp³-hybridized carbons (Fsp3) is 0.0625. The van der Waals surface area contributed by atoms with E-state index in [0.29, 0.717) is 5.75 Å². The molecular weight excluding hydrogens is 254 g/mol. The zero-order chi connectivity index (χ0) is 13.1. The summed E-state index contributed by atoms with van der Waals surface area (Å²) in [6, 6.07) is 18.1. The minimum atomic E-state index is 0.565. The summed E-state index contributed by atoms with van der Waals surface area (Å²) in [4.78, 5) is 0. The van der Waals surface area contributed by atoms with Crippen molar-refractivity contribution in [3.63, 3.8) is 0 Å². The molecule has 0 aliphatic carbocycles. The average molecular weight is 265 g/mol. The molecule has 0 unspecified atom stereocenters. The van der Waals surface area contributed by atoms with Crippen LogP contribution in [0.3, 0.4) is 0 Å². The highest BCUT2D eigenvalue weighted by Crippen LogP contribution is 2.36. The molecule has 1 heterocycles. The van der Waals surface area contributed by atoms with Gasteiger partial charge in [0.25, 0.3) is 0 Å². The molecule has 0 amide bonds. The normalized spacial score (nSPS) is 10.5. The maximum atomic E-state index is 8.74. The Morgan fingerprint density at radius 3 is 2.53 bits per heavy atom. The van der Waals surface area contributed by atoms with E-state index in [1.165, 1.54) is 11.8 Å². The van der Waals surface area contributed by atoms with Crippen LogP contribution in [-0.2, 0) is 5.75 Å². The van der Waals surface area contributed by atoms with Crippen LogP contribution in [0.15, 0.2) is 59.0 Å². The monoisotopic (exact) mass is 265 g/mol. The van der Waals surface area contributed by atoms with Crippen LogP contribution in [0.4, 0.5) is 0 Å². The van der Waals surface area contributed by atoms with E-state index in [9.17, 15) is 0 Å². The van der Waals surface area contributed by atoms with Gasteiger partial charge < -0.3 is 4.42 Å². The van der Waals surface area contributed by atoms with Crippen molar-refractivity contribution in [2.24, 2.45) is 0 Å². The van der Waals surface area contributed by atoms with Gasteiger partial charge in [-0.15, -0.1) is 0 Å². The fourth-order valence-electron chi connectivity index (χ4n) is 2.22. The fourth-order valence-corrected chi connectivity index (χ4v) is 2.62.